The van der Waals surface area contributed by atoms with Crippen molar-refractivity contribution in [1.29, 1.82) is 0 Å². The standard InChI is InChI=1S/C18H23N3O/c22-17(16-6-2-1-3-7-16)14-21-11-9-15(13-21)12-20-18-8-4-5-10-19-18/h1-8,10,15,17,22H,9,11-14H2,(H,19,20)/t15-,17+/m0/s1. The van der Waals surface area contributed by atoms with Crippen LogP contribution in [0.25, 0.3) is 0 Å². The second-order valence-electron chi connectivity index (χ2n) is 5.94. The fourth-order valence-electron chi connectivity index (χ4n) is 2.99. The number of aliphatic hydroxyl groups is 1. The number of aromatic nitrogens is 1. The molecule has 2 heterocycles. The fourth-order valence-corrected chi connectivity index (χ4v) is 2.99. The fraction of sp³-hybridized carbons (Fsp3) is 0.389. The highest BCUT2D eigenvalue weighted by molar-refractivity contribution is 5.33. The van der Waals surface area contributed by atoms with Crippen LogP contribution in [0.5, 0.6) is 0 Å². The first-order valence-electron chi connectivity index (χ1n) is 7.91. The average molecular weight is 297 g/mol. The number of pyridine rings is 1. The molecular formula is C18H23N3O. The number of benzene rings is 1. The van der Waals surface area contributed by atoms with E-state index in [1.165, 1.54) is 6.42 Å². The zero-order valence-corrected chi connectivity index (χ0v) is 12.7. The Hall–Kier alpha value is -1.91. The molecule has 2 N–H and O–H groups in total. The summed E-state index contributed by atoms with van der Waals surface area (Å²) in [5.41, 5.74) is 0.998. The highest BCUT2D eigenvalue weighted by atomic mass is 16.3. The third-order valence-electron chi connectivity index (χ3n) is 4.22. The van der Waals surface area contributed by atoms with Gasteiger partial charge in [0.25, 0.3) is 0 Å². The Morgan fingerprint density at radius 1 is 1.18 bits per heavy atom. The lowest BCUT2D eigenvalue weighted by molar-refractivity contribution is 0.124. The van der Waals surface area contributed by atoms with Crippen molar-refractivity contribution in [1.82, 2.24) is 9.88 Å². The van der Waals surface area contributed by atoms with Crippen LogP contribution in [0, 0.1) is 5.92 Å². The highest BCUT2D eigenvalue weighted by Crippen LogP contribution is 2.21. The average Bonchev–Trinajstić information content (AvgIpc) is 3.02. The topological polar surface area (TPSA) is 48.4 Å². The van der Waals surface area contributed by atoms with Crippen molar-refractivity contribution in [3.63, 3.8) is 0 Å². The van der Waals surface area contributed by atoms with Gasteiger partial charge in [0, 0.05) is 25.8 Å². The SMILES string of the molecule is O[C@H](CN1CC[C@@H](CNc2ccccn2)C1)c1ccccc1. The minimum atomic E-state index is -0.399. The van der Waals surface area contributed by atoms with Crippen molar-refractivity contribution in [2.75, 3.05) is 31.5 Å². The summed E-state index contributed by atoms with van der Waals surface area (Å²) in [6.07, 6.45) is 2.57. The Labute approximate surface area is 131 Å². The van der Waals surface area contributed by atoms with Crippen molar-refractivity contribution >= 4 is 5.82 Å². The van der Waals surface area contributed by atoms with Crippen LogP contribution in [0.15, 0.2) is 54.7 Å². The predicted molar refractivity (Wildman–Crippen MR) is 88.7 cm³/mol. The van der Waals surface area contributed by atoms with Gasteiger partial charge in [-0.25, -0.2) is 4.98 Å². The maximum atomic E-state index is 10.3. The third kappa shape index (κ3) is 4.06. The monoisotopic (exact) mass is 297 g/mol. The molecular weight excluding hydrogens is 274 g/mol. The number of rotatable bonds is 6. The van der Waals surface area contributed by atoms with Crippen LogP contribution in [-0.4, -0.2) is 41.2 Å². The van der Waals surface area contributed by atoms with E-state index in [1.807, 2.05) is 48.5 Å². The normalized spacial score (nSPS) is 20.0. The van der Waals surface area contributed by atoms with Gasteiger partial charge in [0.1, 0.15) is 5.82 Å². The van der Waals surface area contributed by atoms with Crippen LogP contribution in [0.4, 0.5) is 5.82 Å². The molecule has 0 spiro atoms. The number of hydrogen-bond acceptors (Lipinski definition) is 4. The summed E-state index contributed by atoms with van der Waals surface area (Å²) in [5.74, 6) is 1.55. The maximum Gasteiger partial charge on any atom is 0.125 e. The molecule has 1 aliphatic rings. The molecule has 2 atom stereocenters. The summed E-state index contributed by atoms with van der Waals surface area (Å²) in [5, 5.41) is 13.7. The van der Waals surface area contributed by atoms with E-state index in [2.05, 4.69) is 15.2 Å². The van der Waals surface area contributed by atoms with Gasteiger partial charge in [-0.05, 0) is 36.6 Å². The Bertz CT molecular complexity index is 561. The maximum absolute atomic E-state index is 10.3. The van der Waals surface area contributed by atoms with E-state index in [-0.39, 0.29) is 0 Å². The van der Waals surface area contributed by atoms with Gasteiger partial charge in [0.15, 0.2) is 0 Å². The molecule has 1 fully saturated rings. The van der Waals surface area contributed by atoms with Gasteiger partial charge >= 0.3 is 0 Å². The molecule has 0 unspecified atom stereocenters. The zero-order chi connectivity index (χ0) is 15.2. The number of nitrogens with one attached hydrogen (secondary N) is 1. The molecule has 1 aromatic heterocycles. The van der Waals surface area contributed by atoms with Crippen LogP contribution < -0.4 is 5.32 Å². The first-order chi connectivity index (χ1) is 10.8. The van der Waals surface area contributed by atoms with Crippen molar-refractivity contribution in [2.45, 2.75) is 12.5 Å². The largest absolute Gasteiger partial charge is 0.387 e. The second-order valence-corrected chi connectivity index (χ2v) is 5.94. The van der Waals surface area contributed by atoms with Crippen LogP contribution in [0.2, 0.25) is 0 Å². The van der Waals surface area contributed by atoms with Gasteiger partial charge in [-0.3, -0.25) is 0 Å². The molecule has 2 aromatic rings. The number of hydrogen-bond donors (Lipinski definition) is 2. The van der Waals surface area contributed by atoms with Crippen LogP contribution in [0.3, 0.4) is 0 Å². The van der Waals surface area contributed by atoms with Gasteiger partial charge in [-0.1, -0.05) is 36.4 Å². The molecule has 116 valence electrons. The van der Waals surface area contributed by atoms with Crippen LogP contribution in [0.1, 0.15) is 18.1 Å². The number of aliphatic hydroxyl groups excluding tert-OH is 1. The van der Waals surface area contributed by atoms with Gasteiger partial charge < -0.3 is 15.3 Å². The van der Waals surface area contributed by atoms with Gasteiger partial charge in [-0.15, -0.1) is 0 Å². The zero-order valence-electron chi connectivity index (χ0n) is 12.7. The summed E-state index contributed by atoms with van der Waals surface area (Å²) in [7, 11) is 0. The van der Waals surface area contributed by atoms with E-state index in [1.54, 1.807) is 6.20 Å². The summed E-state index contributed by atoms with van der Waals surface area (Å²) in [6, 6.07) is 15.8. The van der Waals surface area contributed by atoms with Crippen molar-refractivity contribution in [3.8, 4) is 0 Å². The first-order valence-corrected chi connectivity index (χ1v) is 7.91. The lowest BCUT2D eigenvalue weighted by Gasteiger charge is -2.20. The molecule has 0 bridgehead atoms. The minimum Gasteiger partial charge on any atom is -0.387 e. The van der Waals surface area contributed by atoms with Crippen LogP contribution >= 0.6 is 0 Å². The van der Waals surface area contributed by atoms with E-state index >= 15 is 0 Å². The first kappa shape index (κ1) is 15.0. The Morgan fingerprint density at radius 2 is 2.00 bits per heavy atom. The molecule has 0 amide bonds. The summed E-state index contributed by atoms with van der Waals surface area (Å²) in [4.78, 5) is 6.63. The Morgan fingerprint density at radius 3 is 2.77 bits per heavy atom. The molecule has 0 saturated carbocycles. The Kier molecular flexibility index (Phi) is 5.03. The second kappa shape index (κ2) is 7.38. The quantitative estimate of drug-likeness (QED) is 0.860. The number of β-amino-alcohol motifs (C(OH)–C–C–N with tert-alkyl or cyclic N) is 1. The molecule has 0 radical (unpaired) electrons. The number of likely N-dealkylation sites (tertiary alicyclic amines) is 1. The molecule has 22 heavy (non-hydrogen) atoms. The Balaban J connectivity index is 1.44. The van der Waals surface area contributed by atoms with E-state index in [0.717, 1.165) is 31.0 Å². The van der Waals surface area contributed by atoms with Crippen molar-refractivity contribution < 1.29 is 5.11 Å². The molecule has 4 heteroatoms. The lowest BCUT2D eigenvalue weighted by atomic mass is 10.1. The smallest absolute Gasteiger partial charge is 0.125 e. The number of nitrogens with zero attached hydrogens (tertiary/aromatic N) is 2. The number of anilines is 1. The van der Waals surface area contributed by atoms with Crippen molar-refractivity contribution in [3.05, 3.63) is 60.3 Å². The van der Waals surface area contributed by atoms with Crippen molar-refractivity contribution in [2.24, 2.45) is 5.92 Å². The molecule has 1 aromatic carbocycles. The molecule has 0 aliphatic carbocycles. The van der Waals surface area contributed by atoms with Crippen LogP contribution in [-0.2, 0) is 0 Å². The molecule has 1 saturated heterocycles. The van der Waals surface area contributed by atoms with E-state index in [9.17, 15) is 5.11 Å². The van der Waals surface area contributed by atoms with Gasteiger partial charge in [-0.2, -0.15) is 0 Å². The summed E-state index contributed by atoms with van der Waals surface area (Å²) in [6.45, 7) is 3.74. The van der Waals surface area contributed by atoms with Gasteiger partial charge in [0.2, 0.25) is 0 Å². The molecule has 1 aliphatic heterocycles. The summed E-state index contributed by atoms with van der Waals surface area (Å²) < 4.78 is 0. The molecule has 4 nitrogen and oxygen atoms in total. The van der Waals surface area contributed by atoms with E-state index in [4.69, 9.17) is 0 Å². The lowest BCUT2D eigenvalue weighted by Crippen LogP contribution is -2.27. The van der Waals surface area contributed by atoms with E-state index < -0.39 is 6.10 Å². The summed E-state index contributed by atoms with van der Waals surface area (Å²) >= 11 is 0. The highest BCUT2D eigenvalue weighted by Gasteiger charge is 2.24. The predicted octanol–water partition coefficient (Wildman–Crippen LogP) is 2.55. The molecule has 3 rings (SSSR count). The minimum absolute atomic E-state index is 0.399. The van der Waals surface area contributed by atoms with E-state index in [0.29, 0.717) is 12.5 Å². The third-order valence-corrected chi connectivity index (χ3v) is 4.22. The van der Waals surface area contributed by atoms with Gasteiger partial charge in [0.05, 0.1) is 6.10 Å².